The number of carbonyl (C=O) groups is 1. The molecule has 1 fully saturated rings. The number of ether oxygens (including phenoxy) is 1. The van der Waals surface area contributed by atoms with Gasteiger partial charge in [0, 0.05) is 13.1 Å². The minimum absolute atomic E-state index is 0.133. The van der Waals surface area contributed by atoms with Gasteiger partial charge in [-0.1, -0.05) is 6.42 Å². The second-order valence-electron chi connectivity index (χ2n) is 5.12. The zero-order chi connectivity index (χ0) is 13.8. The van der Waals surface area contributed by atoms with Crippen LogP contribution in [0, 0.1) is 6.92 Å². The highest BCUT2D eigenvalue weighted by molar-refractivity contribution is 5.69. The van der Waals surface area contributed by atoms with Crippen molar-refractivity contribution in [1.82, 2.24) is 19.7 Å². The fraction of sp³-hybridized carbons (Fsp3) is 0.769. The number of nitrogens with zero attached hydrogens (tertiary/aromatic N) is 4. The predicted octanol–water partition coefficient (Wildman–Crippen LogP) is 1.04. The first-order chi connectivity index (χ1) is 9.11. The van der Waals surface area contributed by atoms with E-state index in [4.69, 9.17) is 4.74 Å². The standard InChI is InChI=1S/C13H22N4O2/c1-10-14-15-12(16(10)2)9-17-7-5-4-6-11(17)8-13(18)19-3/h11H,4-9H2,1-3H3. The number of carbonyl (C=O) groups excluding carboxylic acids is 1. The molecule has 1 unspecified atom stereocenters. The van der Waals surface area contributed by atoms with Crippen molar-refractivity contribution >= 4 is 5.97 Å². The van der Waals surface area contributed by atoms with Crippen LogP contribution in [0.1, 0.15) is 37.3 Å². The molecule has 0 N–H and O–H groups in total. The molecule has 0 saturated carbocycles. The van der Waals surface area contributed by atoms with Crippen LogP contribution in [0.5, 0.6) is 0 Å². The van der Waals surface area contributed by atoms with Crippen LogP contribution in [0.15, 0.2) is 0 Å². The summed E-state index contributed by atoms with van der Waals surface area (Å²) >= 11 is 0. The normalized spacial score (nSPS) is 20.5. The van der Waals surface area contributed by atoms with Gasteiger partial charge in [0.15, 0.2) is 0 Å². The third-order valence-corrected chi connectivity index (χ3v) is 3.91. The molecule has 0 bridgehead atoms. The topological polar surface area (TPSA) is 60.2 Å². The van der Waals surface area contributed by atoms with Crippen LogP contribution in [-0.2, 0) is 23.1 Å². The van der Waals surface area contributed by atoms with E-state index >= 15 is 0 Å². The lowest BCUT2D eigenvalue weighted by Gasteiger charge is -2.34. The van der Waals surface area contributed by atoms with Crippen molar-refractivity contribution in [2.24, 2.45) is 7.05 Å². The van der Waals surface area contributed by atoms with Gasteiger partial charge in [-0.25, -0.2) is 0 Å². The number of likely N-dealkylation sites (tertiary alicyclic amines) is 1. The summed E-state index contributed by atoms with van der Waals surface area (Å²) in [7, 11) is 3.42. The summed E-state index contributed by atoms with van der Waals surface area (Å²) in [6.07, 6.45) is 3.86. The molecule has 1 atom stereocenters. The van der Waals surface area contributed by atoms with Crippen LogP contribution in [0.4, 0.5) is 0 Å². The van der Waals surface area contributed by atoms with Gasteiger partial charge in [0.25, 0.3) is 0 Å². The molecule has 0 aliphatic carbocycles. The van der Waals surface area contributed by atoms with Crippen LogP contribution in [0.2, 0.25) is 0 Å². The predicted molar refractivity (Wildman–Crippen MR) is 70.4 cm³/mol. The third-order valence-electron chi connectivity index (χ3n) is 3.91. The van der Waals surface area contributed by atoms with Gasteiger partial charge in [-0.3, -0.25) is 9.69 Å². The summed E-state index contributed by atoms with van der Waals surface area (Å²) in [6.45, 7) is 3.70. The Morgan fingerprint density at radius 3 is 2.84 bits per heavy atom. The smallest absolute Gasteiger partial charge is 0.307 e. The van der Waals surface area contributed by atoms with E-state index in [0.29, 0.717) is 6.42 Å². The highest BCUT2D eigenvalue weighted by Gasteiger charge is 2.26. The summed E-state index contributed by atoms with van der Waals surface area (Å²) in [5.74, 6) is 1.73. The summed E-state index contributed by atoms with van der Waals surface area (Å²) in [5, 5.41) is 8.28. The van der Waals surface area contributed by atoms with E-state index in [0.717, 1.165) is 31.2 Å². The van der Waals surface area contributed by atoms with Crippen LogP contribution in [0.3, 0.4) is 0 Å². The van der Waals surface area contributed by atoms with Gasteiger partial charge in [0.2, 0.25) is 0 Å². The van der Waals surface area contributed by atoms with Crippen molar-refractivity contribution in [3.63, 3.8) is 0 Å². The molecule has 1 aromatic heterocycles. The molecule has 1 saturated heterocycles. The largest absolute Gasteiger partial charge is 0.469 e. The Morgan fingerprint density at radius 2 is 2.21 bits per heavy atom. The van der Waals surface area contributed by atoms with E-state index in [-0.39, 0.29) is 12.0 Å². The lowest BCUT2D eigenvalue weighted by atomic mass is 9.99. The number of hydrogen-bond donors (Lipinski definition) is 0. The minimum Gasteiger partial charge on any atom is -0.469 e. The Bertz CT molecular complexity index is 444. The summed E-state index contributed by atoms with van der Waals surface area (Å²) in [5.41, 5.74) is 0. The van der Waals surface area contributed by atoms with Gasteiger partial charge in [-0.2, -0.15) is 0 Å². The fourth-order valence-electron chi connectivity index (χ4n) is 2.55. The molecule has 1 aliphatic heterocycles. The maximum absolute atomic E-state index is 11.5. The molecule has 0 aromatic carbocycles. The van der Waals surface area contributed by atoms with E-state index in [2.05, 4.69) is 15.1 Å². The zero-order valence-electron chi connectivity index (χ0n) is 11.9. The highest BCUT2D eigenvalue weighted by atomic mass is 16.5. The first-order valence-corrected chi connectivity index (χ1v) is 6.77. The molecular formula is C13H22N4O2. The molecule has 2 heterocycles. The molecule has 2 rings (SSSR count). The molecule has 1 aliphatic rings. The maximum atomic E-state index is 11.5. The lowest BCUT2D eigenvalue weighted by Crippen LogP contribution is -2.41. The van der Waals surface area contributed by atoms with E-state index in [1.807, 2.05) is 18.5 Å². The van der Waals surface area contributed by atoms with Gasteiger partial charge in [0.05, 0.1) is 20.1 Å². The molecule has 0 spiro atoms. The van der Waals surface area contributed by atoms with Gasteiger partial charge in [0.1, 0.15) is 11.6 Å². The van der Waals surface area contributed by atoms with E-state index in [9.17, 15) is 4.79 Å². The molecule has 19 heavy (non-hydrogen) atoms. The molecule has 106 valence electrons. The lowest BCUT2D eigenvalue weighted by molar-refractivity contribution is -0.142. The number of rotatable bonds is 4. The molecule has 6 nitrogen and oxygen atoms in total. The first-order valence-electron chi connectivity index (χ1n) is 6.77. The molecule has 0 amide bonds. The molecule has 1 aromatic rings. The number of esters is 1. The summed E-state index contributed by atoms with van der Waals surface area (Å²) in [4.78, 5) is 13.8. The number of piperidine rings is 1. The Kier molecular flexibility index (Phi) is 4.52. The second kappa shape index (κ2) is 6.14. The Labute approximate surface area is 113 Å². The van der Waals surface area contributed by atoms with Crippen LogP contribution in [0.25, 0.3) is 0 Å². The van der Waals surface area contributed by atoms with E-state index < -0.39 is 0 Å². The number of methoxy groups -OCH3 is 1. The Balaban J connectivity index is 2.03. The third kappa shape index (κ3) is 3.32. The maximum Gasteiger partial charge on any atom is 0.307 e. The second-order valence-corrected chi connectivity index (χ2v) is 5.12. The van der Waals surface area contributed by atoms with E-state index in [1.165, 1.54) is 20.0 Å². The highest BCUT2D eigenvalue weighted by Crippen LogP contribution is 2.21. The van der Waals surface area contributed by atoms with Crippen molar-refractivity contribution in [2.45, 2.75) is 45.2 Å². The Morgan fingerprint density at radius 1 is 1.42 bits per heavy atom. The van der Waals surface area contributed by atoms with E-state index in [1.54, 1.807) is 0 Å². The van der Waals surface area contributed by atoms with Crippen molar-refractivity contribution < 1.29 is 9.53 Å². The fourth-order valence-corrected chi connectivity index (χ4v) is 2.55. The number of aryl methyl sites for hydroxylation is 1. The van der Waals surface area contributed by atoms with Gasteiger partial charge < -0.3 is 9.30 Å². The van der Waals surface area contributed by atoms with Gasteiger partial charge in [-0.05, 0) is 26.3 Å². The molecule has 0 radical (unpaired) electrons. The summed E-state index contributed by atoms with van der Waals surface area (Å²) in [6, 6.07) is 0.262. The molecular weight excluding hydrogens is 244 g/mol. The van der Waals surface area contributed by atoms with Crippen LogP contribution >= 0.6 is 0 Å². The molecule has 6 heteroatoms. The number of hydrogen-bond acceptors (Lipinski definition) is 5. The minimum atomic E-state index is -0.133. The Hall–Kier alpha value is -1.43. The van der Waals surface area contributed by atoms with Gasteiger partial charge in [-0.15, -0.1) is 10.2 Å². The van der Waals surface area contributed by atoms with Gasteiger partial charge >= 0.3 is 5.97 Å². The van der Waals surface area contributed by atoms with Crippen LogP contribution < -0.4 is 0 Å². The average molecular weight is 266 g/mol. The van der Waals surface area contributed by atoms with Crippen molar-refractivity contribution in [2.75, 3.05) is 13.7 Å². The zero-order valence-corrected chi connectivity index (χ0v) is 11.9. The summed E-state index contributed by atoms with van der Waals surface area (Å²) < 4.78 is 6.78. The SMILES string of the molecule is COC(=O)CC1CCCCN1Cc1nnc(C)n1C. The monoisotopic (exact) mass is 266 g/mol. The average Bonchev–Trinajstić information content (AvgIpc) is 2.73. The van der Waals surface area contributed by atoms with Crippen molar-refractivity contribution in [1.29, 1.82) is 0 Å². The van der Waals surface area contributed by atoms with Crippen molar-refractivity contribution in [3.8, 4) is 0 Å². The van der Waals surface area contributed by atoms with Crippen molar-refractivity contribution in [3.05, 3.63) is 11.6 Å². The number of aromatic nitrogens is 3. The first kappa shape index (κ1) is 14.0. The quantitative estimate of drug-likeness (QED) is 0.762. The van der Waals surface area contributed by atoms with Crippen LogP contribution in [-0.4, -0.2) is 45.3 Å².